The molecule has 3 rings (SSSR count). The van der Waals surface area contributed by atoms with Crippen LogP contribution in [0.3, 0.4) is 0 Å². The number of rotatable bonds is 1. The number of aryl methyl sites for hydroxylation is 2. The lowest BCUT2D eigenvalue weighted by Crippen LogP contribution is -2.28. The lowest BCUT2D eigenvalue weighted by Gasteiger charge is -2.15. The van der Waals surface area contributed by atoms with Crippen molar-refractivity contribution in [2.24, 2.45) is 0 Å². The molecule has 0 aromatic heterocycles. The summed E-state index contributed by atoms with van der Waals surface area (Å²) in [7, 11) is 0. The second-order valence-corrected chi connectivity index (χ2v) is 4.34. The first-order chi connectivity index (χ1) is 9.11. The lowest BCUT2D eigenvalue weighted by atomic mass is 10.1. The zero-order valence-electron chi connectivity index (χ0n) is 10.6. The molecular weight excluding hydrogens is 244 g/mol. The van der Waals surface area contributed by atoms with Gasteiger partial charge in [-0.3, -0.25) is 9.78 Å². The van der Waals surface area contributed by atoms with Crippen molar-refractivity contribution in [2.75, 3.05) is 0 Å². The van der Waals surface area contributed by atoms with Gasteiger partial charge in [-0.25, -0.2) is 9.78 Å². The summed E-state index contributed by atoms with van der Waals surface area (Å²) >= 11 is 0. The second-order valence-electron chi connectivity index (χ2n) is 4.34. The number of para-hydroxylation sites is 1. The molecule has 0 spiro atoms. The molecule has 0 radical (unpaired) electrons. The molecule has 1 N–H and O–H groups in total. The van der Waals surface area contributed by atoms with Gasteiger partial charge in [0.15, 0.2) is 11.5 Å². The van der Waals surface area contributed by atoms with Gasteiger partial charge in [0.25, 0.3) is 5.56 Å². The smallest absolute Gasteiger partial charge is 0.323 e. The molecule has 19 heavy (non-hydrogen) atoms. The van der Waals surface area contributed by atoms with E-state index in [4.69, 9.17) is 0 Å². The average molecular weight is 256 g/mol. The maximum atomic E-state index is 11.9. The molecular formula is C13H12N4O2. The quantitative estimate of drug-likeness (QED) is 0.656. The van der Waals surface area contributed by atoms with Crippen molar-refractivity contribution < 1.29 is 0 Å². The molecule has 2 aliphatic heterocycles. The van der Waals surface area contributed by atoms with Crippen molar-refractivity contribution in [3.8, 4) is 11.5 Å². The van der Waals surface area contributed by atoms with Gasteiger partial charge in [-0.15, -0.1) is 0 Å². The summed E-state index contributed by atoms with van der Waals surface area (Å²) in [5, 5.41) is 0. The summed E-state index contributed by atoms with van der Waals surface area (Å²) in [4.78, 5) is 33.6. The van der Waals surface area contributed by atoms with Crippen molar-refractivity contribution in [3.05, 3.63) is 44.6 Å². The number of hydrogen-bond acceptors (Lipinski definition) is 4. The first kappa shape index (κ1) is 11.6. The van der Waals surface area contributed by atoms with E-state index in [1.54, 1.807) is 0 Å². The predicted octanol–water partition coefficient (Wildman–Crippen LogP) is 0.913. The summed E-state index contributed by atoms with van der Waals surface area (Å²) in [5.41, 5.74) is 1.65. The van der Waals surface area contributed by atoms with Gasteiger partial charge in [0, 0.05) is 6.54 Å². The van der Waals surface area contributed by atoms with Gasteiger partial charge in [0.1, 0.15) is 0 Å². The van der Waals surface area contributed by atoms with E-state index >= 15 is 0 Å². The zero-order valence-corrected chi connectivity index (χ0v) is 10.6. The number of fused-ring (bicyclic) bond motifs is 2. The predicted molar refractivity (Wildman–Crippen MR) is 71.5 cm³/mol. The topological polar surface area (TPSA) is 80.6 Å². The van der Waals surface area contributed by atoms with E-state index in [-0.39, 0.29) is 5.69 Å². The third-order valence-corrected chi connectivity index (χ3v) is 3.16. The molecule has 0 amide bonds. The number of aromatic nitrogens is 4. The Balaban J connectivity index is 2.64. The summed E-state index contributed by atoms with van der Waals surface area (Å²) in [6, 6.07) is 5.76. The minimum Gasteiger partial charge on any atom is -0.323 e. The number of benzene rings is 1. The van der Waals surface area contributed by atoms with Gasteiger partial charge in [-0.1, -0.05) is 12.1 Å². The Bertz CT molecular complexity index is 863. The Hall–Kier alpha value is -2.50. The van der Waals surface area contributed by atoms with E-state index in [0.29, 0.717) is 12.4 Å². The number of H-pyrrole nitrogens is 1. The van der Waals surface area contributed by atoms with E-state index in [1.807, 2.05) is 36.6 Å². The monoisotopic (exact) mass is 256 g/mol. The highest BCUT2D eigenvalue weighted by molar-refractivity contribution is 5.82. The molecule has 0 aliphatic carbocycles. The lowest BCUT2D eigenvalue weighted by molar-refractivity contribution is 0.760. The Morgan fingerprint density at radius 1 is 1.26 bits per heavy atom. The van der Waals surface area contributed by atoms with E-state index in [2.05, 4.69) is 15.0 Å². The van der Waals surface area contributed by atoms with E-state index in [1.165, 1.54) is 0 Å². The van der Waals surface area contributed by atoms with Crippen LogP contribution in [-0.2, 0) is 6.54 Å². The van der Waals surface area contributed by atoms with Crippen molar-refractivity contribution in [3.63, 3.8) is 0 Å². The molecule has 0 saturated carbocycles. The van der Waals surface area contributed by atoms with Crippen LogP contribution in [0.4, 0.5) is 0 Å². The molecule has 1 aromatic carbocycles. The fourth-order valence-electron chi connectivity index (χ4n) is 2.28. The highest BCUT2D eigenvalue weighted by atomic mass is 16.2. The third-order valence-electron chi connectivity index (χ3n) is 3.16. The van der Waals surface area contributed by atoms with Crippen LogP contribution in [0, 0.1) is 6.92 Å². The average Bonchev–Trinajstić information content (AvgIpc) is 2.37. The summed E-state index contributed by atoms with van der Waals surface area (Å²) in [5.74, 6) is 0.328. The largest absolute Gasteiger partial charge is 0.349 e. The highest BCUT2D eigenvalue weighted by Gasteiger charge is 2.18. The van der Waals surface area contributed by atoms with Gasteiger partial charge in [0.2, 0.25) is 0 Å². The van der Waals surface area contributed by atoms with Gasteiger partial charge in [0.05, 0.1) is 11.0 Å². The van der Waals surface area contributed by atoms with Crippen LogP contribution in [0.25, 0.3) is 22.6 Å². The molecule has 0 bridgehead atoms. The molecule has 0 saturated heterocycles. The van der Waals surface area contributed by atoms with Crippen LogP contribution in [-0.4, -0.2) is 19.5 Å². The fraction of sp³-hybridized carbons (Fsp3) is 0.231. The number of nitrogens with one attached hydrogen (secondary N) is 1. The SMILES string of the molecule is CCn1c2nc(=O)[nH]c(=O)c-2nc2c(C)cccc21. The van der Waals surface area contributed by atoms with Crippen LogP contribution in [0.2, 0.25) is 0 Å². The summed E-state index contributed by atoms with van der Waals surface area (Å²) in [6.45, 7) is 4.48. The Morgan fingerprint density at radius 3 is 2.79 bits per heavy atom. The minimum atomic E-state index is -0.645. The Labute approximate surface area is 108 Å². The molecule has 2 heterocycles. The normalized spacial score (nSPS) is 11.3. The van der Waals surface area contributed by atoms with Crippen LogP contribution in [0.5, 0.6) is 0 Å². The van der Waals surface area contributed by atoms with Crippen LogP contribution in [0.15, 0.2) is 27.8 Å². The van der Waals surface area contributed by atoms with Crippen molar-refractivity contribution in [1.29, 1.82) is 0 Å². The van der Waals surface area contributed by atoms with Gasteiger partial charge in [-0.2, -0.15) is 4.98 Å². The van der Waals surface area contributed by atoms with Gasteiger partial charge in [-0.05, 0) is 25.5 Å². The van der Waals surface area contributed by atoms with E-state index in [9.17, 15) is 9.59 Å². The summed E-state index contributed by atoms with van der Waals surface area (Å²) in [6.07, 6.45) is 0. The van der Waals surface area contributed by atoms with Crippen LogP contribution in [0.1, 0.15) is 12.5 Å². The molecule has 6 heteroatoms. The maximum absolute atomic E-state index is 11.9. The molecule has 6 nitrogen and oxygen atoms in total. The fourth-order valence-corrected chi connectivity index (χ4v) is 2.28. The van der Waals surface area contributed by atoms with Crippen molar-refractivity contribution in [2.45, 2.75) is 20.4 Å². The molecule has 2 aliphatic rings. The molecule has 0 fully saturated rings. The third kappa shape index (κ3) is 1.64. The van der Waals surface area contributed by atoms with Crippen LogP contribution < -0.4 is 11.2 Å². The Kier molecular flexibility index (Phi) is 2.45. The standard InChI is InChI=1S/C13H12N4O2/c1-3-17-8-6-4-5-7(2)9(8)14-10-11(17)15-13(19)16-12(10)18/h4-6H,3H2,1-2H3,(H,16,18,19). The molecule has 0 unspecified atom stereocenters. The highest BCUT2D eigenvalue weighted by Crippen LogP contribution is 2.22. The maximum Gasteiger partial charge on any atom is 0.349 e. The first-order valence-corrected chi connectivity index (χ1v) is 6.02. The molecule has 0 atom stereocenters. The summed E-state index contributed by atoms with van der Waals surface area (Å²) < 4.78 is 1.83. The number of nitrogens with zero attached hydrogens (tertiary/aromatic N) is 3. The number of hydrogen-bond donors (Lipinski definition) is 1. The molecule has 96 valence electrons. The van der Waals surface area contributed by atoms with E-state index in [0.717, 1.165) is 16.6 Å². The van der Waals surface area contributed by atoms with Gasteiger partial charge >= 0.3 is 5.69 Å². The van der Waals surface area contributed by atoms with Crippen molar-refractivity contribution >= 4 is 11.0 Å². The Morgan fingerprint density at radius 2 is 2.05 bits per heavy atom. The zero-order chi connectivity index (χ0) is 13.6. The van der Waals surface area contributed by atoms with Gasteiger partial charge < -0.3 is 4.57 Å². The number of aromatic amines is 1. The molecule has 1 aromatic rings. The van der Waals surface area contributed by atoms with Crippen LogP contribution >= 0.6 is 0 Å². The second kappa shape index (κ2) is 4.01. The van der Waals surface area contributed by atoms with Crippen molar-refractivity contribution in [1.82, 2.24) is 19.5 Å². The van der Waals surface area contributed by atoms with E-state index < -0.39 is 11.2 Å². The first-order valence-electron chi connectivity index (χ1n) is 6.02. The minimum absolute atomic E-state index is 0.197.